The number of hydrogen-bond acceptors (Lipinski definition) is 6. The minimum Gasteiger partial charge on any atom is -0.478 e. The molecule has 0 fully saturated rings. The normalized spacial score (nSPS) is 22.6. The van der Waals surface area contributed by atoms with Crippen LogP contribution in [0.25, 0.3) is 0 Å². The highest BCUT2D eigenvalue weighted by Crippen LogP contribution is 2.29. The van der Waals surface area contributed by atoms with E-state index in [-0.39, 0.29) is 24.2 Å². The third kappa shape index (κ3) is 5.26. The molecule has 2 aromatic rings. The van der Waals surface area contributed by atoms with Crippen LogP contribution in [0.5, 0.6) is 0 Å². The van der Waals surface area contributed by atoms with Crippen molar-refractivity contribution in [1.82, 2.24) is 10.6 Å². The van der Waals surface area contributed by atoms with Crippen LogP contribution in [0.4, 0.5) is 0 Å². The highest BCUT2D eigenvalue weighted by atomic mass is 16.5. The Morgan fingerprint density at radius 3 is 1.47 bits per heavy atom. The largest absolute Gasteiger partial charge is 0.478 e. The number of ether oxygens (including phenoxy) is 2. The van der Waals surface area contributed by atoms with Crippen LogP contribution < -0.4 is 10.6 Å². The number of nitrogens with one attached hydrogen (secondary N) is 2. The summed E-state index contributed by atoms with van der Waals surface area (Å²) in [5, 5.41) is 7.36. The van der Waals surface area contributed by atoms with Crippen LogP contribution in [0.3, 0.4) is 0 Å². The molecular weight excluding hydrogens is 376 g/mol. The van der Waals surface area contributed by atoms with Gasteiger partial charge < -0.3 is 9.47 Å². The molecule has 0 bridgehead atoms. The first-order valence-electron chi connectivity index (χ1n) is 10.6. The van der Waals surface area contributed by atoms with Gasteiger partial charge in [-0.2, -0.15) is 0 Å². The SMILES string of the molecule is CC1COC(CNC(c2ccccc2)C(NCC2=NC(C)CO2)c2ccccc2)=N1. The average molecular weight is 407 g/mol. The minimum atomic E-state index is 0.0234. The van der Waals surface area contributed by atoms with Crippen molar-refractivity contribution in [1.29, 1.82) is 0 Å². The number of hydrogen-bond donors (Lipinski definition) is 2. The van der Waals surface area contributed by atoms with Crippen LogP contribution in [-0.2, 0) is 9.47 Å². The van der Waals surface area contributed by atoms with Gasteiger partial charge in [-0.1, -0.05) is 60.7 Å². The van der Waals surface area contributed by atoms with Crippen LogP contribution in [0, 0.1) is 0 Å². The zero-order valence-electron chi connectivity index (χ0n) is 17.6. The molecule has 2 aliphatic heterocycles. The summed E-state index contributed by atoms with van der Waals surface area (Å²) >= 11 is 0. The Labute approximate surface area is 178 Å². The summed E-state index contributed by atoms with van der Waals surface area (Å²) in [7, 11) is 0. The molecule has 6 heteroatoms. The predicted molar refractivity (Wildman–Crippen MR) is 120 cm³/mol. The minimum absolute atomic E-state index is 0.0234. The number of aliphatic imine (C=N–C) groups is 2. The van der Waals surface area contributed by atoms with E-state index in [0.29, 0.717) is 26.3 Å². The van der Waals surface area contributed by atoms with E-state index < -0.39 is 0 Å². The third-order valence-corrected chi connectivity index (χ3v) is 5.31. The van der Waals surface area contributed by atoms with Crippen molar-refractivity contribution in [3.8, 4) is 0 Å². The molecule has 2 aromatic carbocycles. The topological polar surface area (TPSA) is 67.2 Å². The molecule has 2 aliphatic rings. The third-order valence-electron chi connectivity index (χ3n) is 5.31. The number of nitrogens with zero attached hydrogens (tertiary/aromatic N) is 2. The van der Waals surface area contributed by atoms with Crippen molar-refractivity contribution in [2.24, 2.45) is 9.98 Å². The second kappa shape index (κ2) is 9.87. The molecule has 158 valence electrons. The first kappa shape index (κ1) is 20.6. The quantitative estimate of drug-likeness (QED) is 0.671. The summed E-state index contributed by atoms with van der Waals surface area (Å²) in [6.07, 6.45) is 0. The van der Waals surface area contributed by atoms with Gasteiger partial charge in [-0.25, -0.2) is 9.98 Å². The highest BCUT2D eigenvalue weighted by Gasteiger charge is 2.27. The van der Waals surface area contributed by atoms with Crippen LogP contribution >= 0.6 is 0 Å². The van der Waals surface area contributed by atoms with Gasteiger partial charge in [0.05, 0.1) is 37.3 Å². The van der Waals surface area contributed by atoms with Crippen molar-refractivity contribution in [3.63, 3.8) is 0 Å². The maximum absolute atomic E-state index is 5.72. The molecule has 0 saturated carbocycles. The molecule has 0 amide bonds. The lowest BCUT2D eigenvalue weighted by molar-refractivity contribution is 0.305. The maximum atomic E-state index is 5.72. The molecule has 4 atom stereocenters. The summed E-state index contributed by atoms with van der Waals surface area (Å²) < 4.78 is 11.4. The number of rotatable bonds is 9. The van der Waals surface area contributed by atoms with Crippen molar-refractivity contribution in [2.45, 2.75) is 38.0 Å². The molecule has 0 saturated heterocycles. The molecule has 0 spiro atoms. The standard InChI is InChI=1S/C24H30N4O2/c1-17-15-29-21(27-17)13-25-23(19-9-5-3-6-10-19)24(20-11-7-4-8-12-20)26-14-22-28-18(2)16-30-22/h3-12,17-18,23-26H,13-16H2,1-2H3. The van der Waals surface area contributed by atoms with Crippen LogP contribution in [0.15, 0.2) is 70.6 Å². The summed E-state index contributed by atoms with van der Waals surface area (Å²) in [4.78, 5) is 9.15. The summed E-state index contributed by atoms with van der Waals surface area (Å²) in [5.41, 5.74) is 2.40. The van der Waals surface area contributed by atoms with E-state index in [1.165, 1.54) is 11.1 Å². The fourth-order valence-corrected chi connectivity index (χ4v) is 3.84. The maximum Gasteiger partial charge on any atom is 0.198 e. The van der Waals surface area contributed by atoms with Gasteiger partial charge in [0, 0.05) is 0 Å². The van der Waals surface area contributed by atoms with E-state index in [2.05, 4.69) is 83.0 Å². The first-order chi connectivity index (χ1) is 14.7. The monoisotopic (exact) mass is 406 g/mol. The van der Waals surface area contributed by atoms with E-state index in [0.717, 1.165) is 11.8 Å². The first-order valence-corrected chi connectivity index (χ1v) is 10.6. The molecule has 0 radical (unpaired) electrons. The van der Waals surface area contributed by atoms with Gasteiger partial charge in [0.2, 0.25) is 0 Å². The van der Waals surface area contributed by atoms with Gasteiger partial charge in [0.25, 0.3) is 0 Å². The van der Waals surface area contributed by atoms with E-state index in [1.54, 1.807) is 0 Å². The Morgan fingerprint density at radius 2 is 1.13 bits per heavy atom. The van der Waals surface area contributed by atoms with Crippen LogP contribution in [-0.4, -0.2) is 50.2 Å². The fraction of sp³-hybridized carbons (Fsp3) is 0.417. The highest BCUT2D eigenvalue weighted by molar-refractivity contribution is 5.80. The fourth-order valence-electron chi connectivity index (χ4n) is 3.84. The zero-order valence-corrected chi connectivity index (χ0v) is 17.6. The van der Waals surface area contributed by atoms with Crippen molar-refractivity contribution in [3.05, 3.63) is 71.8 Å². The lowest BCUT2D eigenvalue weighted by atomic mass is 9.93. The Morgan fingerprint density at radius 1 is 0.733 bits per heavy atom. The van der Waals surface area contributed by atoms with E-state index in [9.17, 15) is 0 Å². The molecule has 4 rings (SSSR count). The Hall–Kier alpha value is -2.70. The number of benzene rings is 2. The van der Waals surface area contributed by atoms with E-state index in [1.807, 2.05) is 12.1 Å². The lowest BCUT2D eigenvalue weighted by Crippen LogP contribution is -2.39. The second-order valence-electron chi connectivity index (χ2n) is 7.90. The molecule has 0 aromatic heterocycles. The Kier molecular flexibility index (Phi) is 6.77. The van der Waals surface area contributed by atoms with Crippen molar-refractivity contribution < 1.29 is 9.47 Å². The Balaban J connectivity index is 1.58. The second-order valence-corrected chi connectivity index (χ2v) is 7.90. The predicted octanol–water partition coefficient (Wildman–Crippen LogP) is 3.28. The molecule has 2 N–H and O–H groups in total. The van der Waals surface area contributed by atoms with Crippen LogP contribution in [0.2, 0.25) is 0 Å². The van der Waals surface area contributed by atoms with Crippen LogP contribution in [0.1, 0.15) is 37.1 Å². The van der Waals surface area contributed by atoms with Gasteiger partial charge in [-0.3, -0.25) is 10.6 Å². The van der Waals surface area contributed by atoms with Gasteiger partial charge >= 0.3 is 0 Å². The molecule has 0 aliphatic carbocycles. The molecule has 4 unspecified atom stereocenters. The zero-order chi connectivity index (χ0) is 20.8. The molecular formula is C24H30N4O2. The van der Waals surface area contributed by atoms with Crippen molar-refractivity contribution >= 4 is 11.8 Å². The van der Waals surface area contributed by atoms with Gasteiger partial charge in [-0.15, -0.1) is 0 Å². The van der Waals surface area contributed by atoms with Gasteiger partial charge in [0.1, 0.15) is 13.2 Å². The van der Waals surface area contributed by atoms with Crippen molar-refractivity contribution in [2.75, 3.05) is 26.3 Å². The summed E-state index contributed by atoms with van der Waals surface area (Å²) in [6, 6.07) is 21.5. The molecule has 2 heterocycles. The van der Waals surface area contributed by atoms with E-state index >= 15 is 0 Å². The molecule has 6 nitrogen and oxygen atoms in total. The summed E-state index contributed by atoms with van der Waals surface area (Å²) in [6.45, 7) is 6.62. The summed E-state index contributed by atoms with van der Waals surface area (Å²) in [5.74, 6) is 1.54. The lowest BCUT2D eigenvalue weighted by Gasteiger charge is -2.30. The average Bonchev–Trinajstić information content (AvgIpc) is 3.39. The van der Waals surface area contributed by atoms with Gasteiger partial charge in [0.15, 0.2) is 11.8 Å². The molecule has 30 heavy (non-hydrogen) atoms. The smallest absolute Gasteiger partial charge is 0.198 e. The van der Waals surface area contributed by atoms with E-state index in [4.69, 9.17) is 9.47 Å². The van der Waals surface area contributed by atoms with Gasteiger partial charge in [-0.05, 0) is 25.0 Å². The Bertz CT molecular complexity index is 796.